The molecule has 2 aromatic carbocycles. The van der Waals surface area contributed by atoms with Gasteiger partial charge in [-0.15, -0.1) is 0 Å². The Morgan fingerprint density at radius 2 is 1.65 bits per heavy atom. The largest absolute Gasteiger partial charge is 0.355 e. The third kappa shape index (κ3) is 5.73. The highest BCUT2D eigenvalue weighted by Gasteiger charge is 2.25. The summed E-state index contributed by atoms with van der Waals surface area (Å²) in [4.78, 5) is 26.8. The van der Waals surface area contributed by atoms with E-state index in [-0.39, 0.29) is 11.8 Å². The number of aryl methyl sites for hydroxylation is 2. The van der Waals surface area contributed by atoms with Crippen LogP contribution >= 0.6 is 0 Å². The van der Waals surface area contributed by atoms with Gasteiger partial charge in [0, 0.05) is 19.5 Å². The first-order valence-electron chi connectivity index (χ1n) is 9.18. The normalized spacial score (nSPS) is 11.7. The van der Waals surface area contributed by atoms with Gasteiger partial charge in [0.25, 0.3) is 0 Å². The summed E-state index contributed by atoms with van der Waals surface area (Å²) in [6.45, 7) is 6.71. The maximum atomic E-state index is 12.9. The van der Waals surface area contributed by atoms with E-state index in [1.54, 1.807) is 11.8 Å². The molecule has 0 bridgehead atoms. The van der Waals surface area contributed by atoms with E-state index in [0.717, 1.165) is 11.1 Å². The second-order valence-corrected chi connectivity index (χ2v) is 6.56. The number of rotatable bonds is 8. The number of amides is 2. The highest BCUT2D eigenvalue weighted by atomic mass is 16.2. The monoisotopic (exact) mass is 352 g/mol. The SMILES string of the molecule is CCNC(=O)C(C)N(Cc1ccccc1)C(=O)CCc1ccc(C)cc1. The molecule has 1 atom stereocenters. The van der Waals surface area contributed by atoms with Crippen molar-refractivity contribution in [1.29, 1.82) is 0 Å². The molecule has 0 saturated heterocycles. The van der Waals surface area contributed by atoms with Crippen LogP contribution in [0.5, 0.6) is 0 Å². The van der Waals surface area contributed by atoms with Crippen molar-refractivity contribution in [2.45, 2.75) is 46.2 Å². The van der Waals surface area contributed by atoms with Crippen molar-refractivity contribution in [3.8, 4) is 0 Å². The maximum absolute atomic E-state index is 12.9. The molecule has 0 spiro atoms. The van der Waals surface area contributed by atoms with Crippen LogP contribution in [0.15, 0.2) is 54.6 Å². The maximum Gasteiger partial charge on any atom is 0.242 e. The molecule has 0 radical (unpaired) electrons. The lowest BCUT2D eigenvalue weighted by Crippen LogP contribution is -2.47. The van der Waals surface area contributed by atoms with Crippen LogP contribution in [0.3, 0.4) is 0 Å². The van der Waals surface area contributed by atoms with Gasteiger partial charge in [-0.25, -0.2) is 0 Å². The summed E-state index contributed by atoms with van der Waals surface area (Å²) in [5.74, 6) is -0.125. The zero-order chi connectivity index (χ0) is 18.9. The molecule has 4 heteroatoms. The fourth-order valence-electron chi connectivity index (χ4n) is 2.83. The topological polar surface area (TPSA) is 49.4 Å². The fourth-order valence-corrected chi connectivity index (χ4v) is 2.83. The standard InChI is InChI=1S/C22H28N2O2/c1-4-23-22(26)18(3)24(16-20-8-6-5-7-9-20)21(25)15-14-19-12-10-17(2)11-13-19/h5-13,18H,4,14-16H2,1-3H3,(H,23,26). The zero-order valence-corrected chi connectivity index (χ0v) is 15.9. The van der Waals surface area contributed by atoms with Gasteiger partial charge in [0.1, 0.15) is 6.04 Å². The van der Waals surface area contributed by atoms with Crippen LogP contribution in [0.4, 0.5) is 0 Å². The van der Waals surface area contributed by atoms with Gasteiger partial charge in [-0.1, -0.05) is 60.2 Å². The van der Waals surface area contributed by atoms with Crippen molar-refractivity contribution in [2.24, 2.45) is 0 Å². The van der Waals surface area contributed by atoms with Gasteiger partial charge in [-0.05, 0) is 38.3 Å². The van der Waals surface area contributed by atoms with Gasteiger partial charge in [-0.2, -0.15) is 0 Å². The van der Waals surface area contributed by atoms with E-state index in [9.17, 15) is 9.59 Å². The van der Waals surface area contributed by atoms with E-state index in [1.807, 2.05) is 44.2 Å². The Balaban J connectivity index is 2.09. The Hall–Kier alpha value is -2.62. The minimum absolute atomic E-state index is 0.00631. The minimum Gasteiger partial charge on any atom is -0.355 e. The van der Waals surface area contributed by atoms with Crippen molar-refractivity contribution in [1.82, 2.24) is 10.2 Å². The smallest absolute Gasteiger partial charge is 0.242 e. The number of carbonyl (C=O) groups is 2. The summed E-state index contributed by atoms with van der Waals surface area (Å²) in [6, 6.07) is 17.5. The van der Waals surface area contributed by atoms with E-state index in [1.165, 1.54) is 5.56 Å². The van der Waals surface area contributed by atoms with Crippen molar-refractivity contribution >= 4 is 11.8 Å². The molecule has 0 aliphatic heterocycles. The number of nitrogens with one attached hydrogen (secondary N) is 1. The second kappa shape index (κ2) is 9.76. The van der Waals surface area contributed by atoms with Crippen molar-refractivity contribution in [3.05, 3.63) is 71.3 Å². The molecule has 0 aliphatic carbocycles. The van der Waals surface area contributed by atoms with E-state index in [4.69, 9.17) is 0 Å². The number of likely N-dealkylation sites (N-methyl/N-ethyl adjacent to an activating group) is 1. The first-order chi connectivity index (χ1) is 12.5. The summed E-state index contributed by atoms with van der Waals surface area (Å²) < 4.78 is 0. The predicted molar refractivity (Wildman–Crippen MR) is 105 cm³/mol. The van der Waals surface area contributed by atoms with Gasteiger partial charge in [0.2, 0.25) is 11.8 Å². The molecule has 1 unspecified atom stereocenters. The Morgan fingerprint density at radius 1 is 1.00 bits per heavy atom. The predicted octanol–water partition coefficient (Wildman–Crippen LogP) is 3.48. The van der Waals surface area contributed by atoms with Crippen LogP contribution in [0.2, 0.25) is 0 Å². The lowest BCUT2D eigenvalue weighted by atomic mass is 10.1. The third-order valence-corrected chi connectivity index (χ3v) is 4.46. The third-order valence-electron chi connectivity index (χ3n) is 4.46. The molecule has 0 fully saturated rings. The van der Waals surface area contributed by atoms with Crippen molar-refractivity contribution in [3.63, 3.8) is 0 Å². The molecule has 2 rings (SSSR count). The lowest BCUT2D eigenvalue weighted by Gasteiger charge is -2.28. The average Bonchev–Trinajstić information content (AvgIpc) is 2.66. The summed E-state index contributed by atoms with van der Waals surface area (Å²) in [7, 11) is 0. The quantitative estimate of drug-likeness (QED) is 0.791. The summed E-state index contributed by atoms with van der Waals surface area (Å²) >= 11 is 0. The van der Waals surface area contributed by atoms with Crippen LogP contribution in [0, 0.1) is 6.92 Å². The Bertz CT molecular complexity index is 711. The Morgan fingerprint density at radius 3 is 2.27 bits per heavy atom. The molecule has 0 aromatic heterocycles. The summed E-state index contributed by atoms with van der Waals surface area (Å²) in [6.07, 6.45) is 1.06. The van der Waals surface area contributed by atoms with Crippen LogP contribution in [0.25, 0.3) is 0 Å². The minimum atomic E-state index is -0.499. The highest BCUT2D eigenvalue weighted by Crippen LogP contribution is 2.13. The van der Waals surface area contributed by atoms with Crippen molar-refractivity contribution in [2.75, 3.05) is 6.54 Å². The lowest BCUT2D eigenvalue weighted by molar-refractivity contribution is -0.140. The first kappa shape index (κ1) is 19.7. The molecule has 2 aromatic rings. The molecule has 0 aliphatic rings. The van der Waals surface area contributed by atoms with E-state index in [0.29, 0.717) is 25.9 Å². The van der Waals surface area contributed by atoms with Crippen LogP contribution in [0.1, 0.15) is 37.0 Å². The number of nitrogens with zero attached hydrogens (tertiary/aromatic N) is 1. The van der Waals surface area contributed by atoms with Gasteiger partial charge in [0.05, 0.1) is 0 Å². The molecular weight excluding hydrogens is 324 g/mol. The number of carbonyl (C=O) groups excluding carboxylic acids is 2. The van der Waals surface area contributed by atoms with Gasteiger partial charge in [-0.3, -0.25) is 9.59 Å². The van der Waals surface area contributed by atoms with Crippen LogP contribution < -0.4 is 5.32 Å². The van der Waals surface area contributed by atoms with Crippen LogP contribution in [-0.2, 0) is 22.6 Å². The van der Waals surface area contributed by atoms with Gasteiger partial charge >= 0.3 is 0 Å². The Kier molecular flexibility index (Phi) is 7.39. The number of hydrogen-bond donors (Lipinski definition) is 1. The second-order valence-electron chi connectivity index (χ2n) is 6.56. The molecule has 26 heavy (non-hydrogen) atoms. The molecule has 1 N–H and O–H groups in total. The van der Waals surface area contributed by atoms with Crippen LogP contribution in [-0.4, -0.2) is 29.3 Å². The molecule has 138 valence electrons. The van der Waals surface area contributed by atoms with Gasteiger partial charge < -0.3 is 10.2 Å². The zero-order valence-electron chi connectivity index (χ0n) is 15.9. The first-order valence-corrected chi connectivity index (χ1v) is 9.18. The molecule has 4 nitrogen and oxygen atoms in total. The molecule has 2 amide bonds. The number of benzene rings is 2. The molecule has 0 heterocycles. The average molecular weight is 352 g/mol. The van der Waals surface area contributed by atoms with E-state index >= 15 is 0 Å². The van der Waals surface area contributed by atoms with E-state index in [2.05, 4.69) is 29.6 Å². The Labute approximate surface area is 156 Å². The van der Waals surface area contributed by atoms with Gasteiger partial charge in [0.15, 0.2) is 0 Å². The highest BCUT2D eigenvalue weighted by molar-refractivity contribution is 5.87. The molecule has 0 saturated carbocycles. The summed E-state index contributed by atoms with van der Waals surface area (Å²) in [5, 5.41) is 2.81. The van der Waals surface area contributed by atoms with E-state index < -0.39 is 6.04 Å². The van der Waals surface area contributed by atoms with Crippen molar-refractivity contribution < 1.29 is 9.59 Å². The summed E-state index contributed by atoms with van der Waals surface area (Å²) in [5.41, 5.74) is 3.36. The fraction of sp³-hybridized carbons (Fsp3) is 0.364. The molecular formula is C22H28N2O2. The number of hydrogen-bond acceptors (Lipinski definition) is 2.